The molecule has 1 saturated heterocycles. The van der Waals surface area contributed by atoms with E-state index in [1.54, 1.807) is 13.4 Å². The average Bonchev–Trinajstić information content (AvgIpc) is 3.14. The van der Waals surface area contributed by atoms with Gasteiger partial charge >= 0.3 is 0 Å². The van der Waals surface area contributed by atoms with Crippen LogP contribution in [0.2, 0.25) is 0 Å². The van der Waals surface area contributed by atoms with E-state index < -0.39 is 0 Å². The molecule has 2 fully saturated rings. The van der Waals surface area contributed by atoms with Crippen LogP contribution in [0, 0.1) is 5.92 Å². The fraction of sp³-hybridized carbons (Fsp3) is 0.846. The highest BCUT2D eigenvalue weighted by Crippen LogP contribution is 2.47. The van der Waals surface area contributed by atoms with E-state index in [2.05, 4.69) is 32.1 Å². The highest BCUT2D eigenvalue weighted by Gasteiger charge is 2.59. The quantitative estimate of drug-likeness (QED) is 0.721. The number of fused-ring (bicyclic) bond motifs is 1. The molecule has 3 rings (SSSR count). The van der Waals surface area contributed by atoms with Gasteiger partial charge in [-0.25, -0.2) is 4.99 Å². The molecule has 0 aromatic heterocycles. The molecule has 2 atom stereocenters. The molecule has 0 amide bonds. The molecular formula is C13H25N5O. The normalized spacial score (nSPS) is 34.1. The molecule has 19 heavy (non-hydrogen) atoms. The maximum atomic E-state index is 5.09. The van der Waals surface area contributed by atoms with Crippen molar-refractivity contribution >= 4 is 12.2 Å². The van der Waals surface area contributed by atoms with E-state index in [9.17, 15) is 0 Å². The molecule has 1 N–H and O–H groups in total. The Bertz CT molecular complexity index is 394. The van der Waals surface area contributed by atoms with E-state index in [4.69, 9.17) is 4.74 Å². The van der Waals surface area contributed by atoms with E-state index >= 15 is 0 Å². The number of rotatable bonds is 4. The first-order valence-corrected chi connectivity index (χ1v) is 7.04. The van der Waals surface area contributed by atoms with Gasteiger partial charge in [0.1, 0.15) is 17.8 Å². The largest absolute Gasteiger partial charge is 0.383 e. The number of amidine groups is 1. The smallest absolute Gasteiger partial charge is 0.123 e. The van der Waals surface area contributed by atoms with Crippen molar-refractivity contribution in [1.29, 1.82) is 0 Å². The van der Waals surface area contributed by atoms with Gasteiger partial charge in [-0.15, -0.1) is 0 Å². The number of hydrogen-bond donors (Lipinski definition) is 1. The van der Waals surface area contributed by atoms with Crippen LogP contribution in [0.25, 0.3) is 0 Å². The minimum absolute atomic E-state index is 0. The molecule has 2 unspecified atom stereocenters. The van der Waals surface area contributed by atoms with Crippen LogP contribution >= 0.6 is 0 Å². The minimum Gasteiger partial charge on any atom is -0.383 e. The monoisotopic (exact) mass is 267 g/mol. The van der Waals surface area contributed by atoms with Gasteiger partial charge in [-0.2, -0.15) is 0 Å². The molecule has 2 heterocycles. The molecule has 6 nitrogen and oxygen atoms in total. The second-order valence-electron chi connectivity index (χ2n) is 5.62. The van der Waals surface area contributed by atoms with Crippen molar-refractivity contribution in [3.63, 3.8) is 0 Å². The van der Waals surface area contributed by atoms with Crippen LogP contribution in [0.5, 0.6) is 0 Å². The lowest BCUT2D eigenvalue weighted by Gasteiger charge is -2.35. The van der Waals surface area contributed by atoms with Gasteiger partial charge in [0.25, 0.3) is 0 Å². The standard InChI is InChI=1S/C13H23N5O.H2/c1-17-4-6-18(7-5-17)12-11-9-13(11,16-10-14-12)15-3-8-19-2;/h10-11,15H,3-9H2,1-2H3;1H. The maximum Gasteiger partial charge on any atom is 0.123 e. The van der Waals surface area contributed by atoms with Crippen LogP contribution in [0.15, 0.2) is 9.98 Å². The van der Waals surface area contributed by atoms with Gasteiger partial charge in [-0.3, -0.25) is 10.3 Å². The zero-order valence-corrected chi connectivity index (χ0v) is 11.8. The second kappa shape index (κ2) is 5.19. The van der Waals surface area contributed by atoms with E-state index in [-0.39, 0.29) is 7.09 Å². The Morgan fingerprint density at radius 3 is 3.00 bits per heavy atom. The predicted octanol–water partition coefficient (Wildman–Crippen LogP) is -0.128. The van der Waals surface area contributed by atoms with Gasteiger partial charge < -0.3 is 14.5 Å². The van der Waals surface area contributed by atoms with Crippen molar-refractivity contribution in [1.82, 2.24) is 15.1 Å². The van der Waals surface area contributed by atoms with Crippen LogP contribution in [0.1, 0.15) is 7.85 Å². The highest BCUT2D eigenvalue weighted by atomic mass is 16.5. The van der Waals surface area contributed by atoms with E-state index in [0.29, 0.717) is 5.92 Å². The molecule has 0 aromatic carbocycles. The molecular weight excluding hydrogens is 242 g/mol. The van der Waals surface area contributed by atoms with Crippen molar-refractivity contribution in [2.75, 3.05) is 53.5 Å². The summed E-state index contributed by atoms with van der Waals surface area (Å²) in [6, 6.07) is 0. The zero-order valence-electron chi connectivity index (χ0n) is 11.8. The van der Waals surface area contributed by atoms with E-state index in [1.165, 1.54) is 5.84 Å². The van der Waals surface area contributed by atoms with E-state index in [0.717, 1.165) is 45.8 Å². The van der Waals surface area contributed by atoms with Crippen LogP contribution in [-0.2, 0) is 4.74 Å². The summed E-state index contributed by atoms with van der Waals surface area (Å²) in [4.78, 5) is 13.9. The highest BCUT2D eigenvalue weighted by molar-refractivity contribution is 5.96. The molecule has 0 spiro atoms. The molecule has 108 valence electrons. The fourth-order valence-corrected chi connectivity index (χ4v) is 2.93. The summed E-state index contributed by atoms with van der Waals surface area (Å²) in [5.74, 6) is 1.69. The topological polar surface area (TPSA) is 52.5 Å². The summed E-state index contributed by atoms with van der Waals surface area (Å²) in [6.07, 6.45) is 2.80. The molecule has 1 saturated carbocycles. The van der Waals surface area contributed by atoms with Crippen LogP contribution in [-0.4, -0.2) is 81.1 Å². The lowest BCUT2D eigenvalue weighted by molar-refractivity contribution is 0.193. The van der Waals surface area contributed by atoms with Crippen LogP contribution < -0.4 is 5.32 Å². The van der Waals surface area contributed by atoms with Crippen LogP contribution in [0.4, 0.5) is 0 Å². The van der Waals surface area contributed by atoms with Gasteiger partial charge in [0.15, 0.2) is 0 Å². The Morgan fingerprint density at radius 1 is 1.47 bits per heavy atom. The number of nitrogens with zero attached hydrogens (tertiary/aromatic N) is 4. The lowest BCUT2D eigenvalue weighted by atomic mass is 10.2. The van der Waals surface area contributed by atoms with Gasteiger partial charge in [0.05, 0.1) is 12.5 Å². The molecule has 0 aromatic rings. The Morgan fingerprint density at radius 2 is 2.26 bits per heavy atom. The predicted molar refractivity (Wildman–Crippen MR) is 77.8 cm³/mol. The SMILES string of the molecule is COCCNC12CC1C(N1CCN(C)CC1)=NC=N2.[HH]. The number of nitrogens with one attached hydrogen (secondary N) is 1. The zero-order chi connectivity index (χ0) is 13.3. The summed E-state index contributed by atoms with van der Waals surface area (Å²) in [6.45, 7) is 5.97. The van der Waals surface area contributed by atoms with Gasteiger partial charge in [-0.05, 0) is 7.05 Å². The van der Waals surface area contributed by atoms with Crippen molar-refractivity contribution in [3.05, 3.63) is 0 Å². The maximum absolute atomic E-state index is 5.09. The van der Waals surface area contributed by atoms with Gasteiger partial charge in [-0.1, -0.05) is 0 Å². The number of hydrogen-bond acceptors (Lipinski definition) is 6. The molecule has 3 aliphatic rings. The lowest BCUT2D eigenvalue weighted by Crippen LogP contribution is -2.50. The summed E-state index contributed by atoms with van der Waals surface area (Å²) >= 11 is 0. The number of ether oxygens (including phenoxy) is 1. The minimum atomic E-state index is -0.0844. The van der Waals surface area contributed by atoms with Gasteiger partial charge in [0, 0.05) is 47.7 Å². The Balaban J connectivity index is 0.00000147. The average molecular weight is 267 g/mol. The van der Waals surface area contributed by atoms with Crippen molar-refractivity contribution in [2.45, 2.75) is 12.1 Å². The Kier molecular flexibility index (Phi) is 3.56. The number of methoxy groups -OCH3 is 1. The third-order valence-electron chi connectivity index (χ3n) is 4.29. The van der Waals surface area contributed by atoms with Crippen molar-refractivity contribution in [3.8, 4) is 0 Å². The number of aliphatic imine (C=N–C) groups is 2. The first kappa shape index (κ1) is 13.0. The Labute approximate surface area is 116 Å². The van der Waals surface area contributed by atoms with Crippen molar-refractivity contribution in [2.24, 2.45) is 15.9 Å². The molecule has 2 aliphatic heterocycles. The second-order valence-corrected chi connectivity index (χ2v) is 5.62. The third-order valence-corrected chi connectivity index (χ3v) is 4.29. The molecule has 1 aliphatic carbocycles. The molecule has 0 radical (unpaired) electrons. The van der Waals surface area contributed by atoms with Gasteiger partial charge in [0.2, 0.25) is 0 Å². The Hall–Kier alpha value is -0.980. The molecule has 0 bridgehead atoms. The van der Waals surface area contributed by atoms with Crippen molar-refractivity contribution < 1.29 is 6.16 Å². The summed E-state index contributed by atoms with van der Waals surface area (Å²) in [5.41, 5.74) is -0.0844. The summed E-state index contributed by atoms with van der Waals surface area (Å²) in [7, 11) is 3.90. The first-order chi connectivity index (χ1) is 9.25. The number of piperazine rings is 1. The third kappa shape index (κ3) is 2.52. The van der Waals surface area contributed by atoms with E-state index in [1.807, 2.05) is 0 Å². The van der Waals surface area contributed by atoms with Crippen LogP contribution in [0.3, 0.4) is 0 Å². The fourth-order valence-electron chi connectivity index (χ4n) is 2.93. The first-order valence-electron chi connectivity index (χ1n) is 7.04. The summed E-state index contributed by atoms with van der Waals surface area (Å²) < 4.78 is 5.09. The summed E-state index contributed by atoms with van der Waals surface area (Å²) in [5, 5.41) is 3.51. The number of likely N-dealkylation sites (N-methyl/N-ethyl adjacent to an activating group) is 1. The molecule has 6 heteroatoms.